The number of ether oxygens (including phenoxy) is 1. The number of H-pyrrole nitrogens is 1. The topological polar surface area (TPSA) is 91.4 Å². The van der Waals surface area contributed by atoms with Crippen LogP contribution >= 0.6 is 11.6 Å². The van der Waals surface area contributed by atoms with Crippen LogP contribution in [0, 0.1) is 12.3 Å². The predicted octanol–water partition coefficient (Wildman–Crippen LogP) is 3.79. The molecule has 32 heavy (non-hydrogen) atoms. The van der Waals surface area contributed by atoms with Gasteiger partial charge in [-0.2, -0.15) is 15.4 Å². The average Bonchev–Trinajstić information content (AvgIpc) is 3.23. The van der Waals surface area contributed by atoms with Crippen molar-refractivity contribution in [3.63, 3.8) is 0 Å². The molecule has 2 fully saturated rings. The lowest BCUT2D eigenvalue weighted by Crippen LogP contribution is -2.62. The Morgan fingerprint density at radius 1 is 1.06 bits per heavy atom. The first-order valence-corrected chi connectivity index (χ1v) is 11.1. The van der Waals surface area contributed by atoms with Gasteiger partial charge in [0.15, 0.2) is 0 Å². The maximum Gasteiger partial charge on any atom is 0.410 e. The number of rotatable bonds is 3. The molecule has 8 nitrogen and oxygen atoms in total. The van der Waals surface area contributed by atoms with Crippen LogP contribution in [0.4, 0.5) is 4.79 Å². The van der Waals surface area contributed by atoms with E-state index < -0.39 is 0 Å². The first-order chi connectivity index (χ1) is 15.4. The minimum Gasteiger partial charge on any atom is -0.445 e. The highest BCUT2D eigenvalue weighted by Gasteiger charge is 2.47. The van der Waals surface area contributed by atoms with Crippen molar-refractivity contribution in [2.75, 3.05) is 26.2 Å². The lowest BCUT2D eigenvalue weighted by molar-refractivity contribution is -0.0319. The van der Waals surface area contributed by atoms with Gasteiger partial charge in [0, 0.05) is 42.2 Å². The maximum absolute atomic E-state index is 12.8. The van der Waals surface area contributed by atoms with Crippen LogP contribution in [0.2, 0.25) is 5.02 Å². The van der Waals surface area contributed by atoms with Gasteiger partial charge in [0.05, 0.1) is 0 Å². The monoisotopic (exact) mass is 453 g/mol. The van der Waals surface area contributed by atoms with E-state index in [4.69, 9.17) is 16.3 Å². The van der Waals surface area contributed by atoms with E-state index >= 15 is 0 Å². The third-order valence-electron chi connectivity index (χ3n) is 6.45. The molecule has 0 bridgehead atoms. The largest absolute Gasteiger partial charge is 0.445 e. The molecule has 9 heteroatoms. The summed E-state index contributed by atoms with van der Waals surface area (Å²) in [6.45, 7) is 4.88. The first-order valence-electron chi connectivity index (χ1n) is 10.7. The van der Waals surface area contributed by atoms with Crippen LogP contribution in [-0.2, 0) is 11.3 Å². The summed E-state index contributed by atoms with van der Waals surface area (Å²) in [6, 6.07) is 11.0. The minimum atomic E-state index is -0.300. The van der Waals surface area contributed by atoms with Gasteiger partial charge in [-0.3, -0.25) is 4.79 Å². The SMILES string of the molecule is Cc1cc(Cl)cc(COC(=O)N2CCC3(CC2)CN(C(=O)c2ccc4n[nH]nc4c2)C3)c1. The van der Waals surface area contributed by atoms with Crippen molar-refractivity contribution in [3.8, 4) is 0 Å². The Morgan fingerprint density at radius 2 is 1.81 bits per heavy atom. The third-order valence-corrected chi connectivity index (χ3v) is 6.67. The van der Waals surface area contributed by atoms with Gasteiger partial charge in [0.2, 0.25) is 0 Å². The Bertz CT molecular complexity index is 1160. The van der Waals surface area contributed by atoms with Crippen LogP contribution in [0.5, 0.6) is 0 Å². The fourth-order valence-electron chi connectivity index (χ4n) is 4.67. The van der Waals surface area contributed by atoms with E-state index in [2.05, 4.69) is 15.4 Å². The summed E-state index contributed by atoms with van der Waals surface area (Å²) in [7, 11) is 0. The Balaban J connectivity index is 1.11. The van der Waals surface area contributed by atoms with Gasteiger partial charge < -0.3 is 14.5 Å². The number of hydrogen-bond donors (Lipinski definition) is 1. The van der Waals surface area contributed by atoms with E-state index in [0.29, 0.717) is 42.3 Å². The van der Waals surface area contributed by atoms with Crippen LogP contribution in [0.3, 0.4) is 0 Å². The Labute approximate surface area is 190 Å². The number of carbonyl (C=O) groups excluding carboxylic acids is 2. The molecule has 0 aliphatic carbocycles. The molecule has 1 spiro atoms. The van der Waals surface area contributed by atoms with Gasteiger partial charge in [0.25, 0.3) is 5.91 Å². The van der Waals surface area contributed by atoms with Crippen molar-refractivity contribution in [1.82, 2.24) is 25.2 Å². The smallest absolute Gasteiger partial charge is 0.410 e. The zero-order valence-electron chi connectivity index (χ0n) is 17.8. The number of hydrogen-bond acceptors (Lipinski definition) is 5. The molecule has 0 atom stereocenters. The molecule has 1 aromatic heterocycles. The number of carbonyl (C=O) groups is 2. The number of benzene rings is 2. The number of fused-ring (bicyclic) bond motifs is 1. The van der Waals surface area contributed by atoms with E-state index in [1.165, 1.54) is 0 Å². The van der Waals surface area contributed by atoms with Gasteiger partial charge in [-0.15, -0.1) is 0 Å². The van der Waals surface area contributed by atoms with Crippen molar-refractivity contribution in [2.45, 2.75) is 26.4 Å². The predicted molar refractivity (Wildman–Crippen MR) is 119 cm³/mol. The summed E-state index contributed by atoms with van der Waals surface area (Å²) in [5, 5.41) is 11.3. The van der Waals surface area contributed by atoms with E-state index in [0.717, 1.165) is 29.5 Å². The molecule has 2 aromatic carbocycles. The molecule has 2 aliphatic heterocycles. The molecule has 2 saturated heterocycles. The molecule has 0 unspecified atom stereocenters. The molecule has 0 radical (unpaired) electrons. The average molecular weight is 454 g/mol. The summed E-state index contributed by atoms with van der Waals surface area (Å²) < 4.78 is 5.49. The molecule has 2 aliphatic rings. The molecule has 166 valence electrons. The first kappa shape index (κ1) is 20.8. The van der Waals surface area contributed by atoms with Crippen molar-refractivity contribution in [1.29, 1.82) is 0 Å². The van der Waals surface area contributed by atoms with Crippen molar-refractivity contribution in [2.24, 2.45) is 5.41 Å². The molecule has 1 N–H and O–H groups in total. The molecular weight excluding hydrogens is 430 g/mol. The van der Waals surface area contributed by atoms with Crippen LogP contribution in [0.15, 0.2) is 36.4 Å². The molecule has 2 amide bonds. The summed E-state index contributed by atoms with van der Waals surface area (Å²) in [4.78, 5) is 29.0. The van der Waals surface area contributed by atoms with E-state index in [-0.39, 0.29) is 24.0 Å². The summed E-state index contributed by atoms with van der Waals surface area (Å²) >= 11 is 6.08. The maximum atomic E-state index is 12.8. The van der Waals surface area contributed by atoms with Gasteiger partial charge >= 0.3 is 6.09 Å². The molecule has 3 aromatic rings. The van der Waals surface area contributed by atoms with E-state index in [1.54, 1.807) is 23.1 Å². The van der Waals surface area contributed by atoms with Crippen LogP contribution in [-0.4, -0.2) is 63.4 Å². The Hall–Kier alpha value is -3.13. The standard InChI is InChI=1S/C23H24ClN5O3/c1-15-8-16(10-18(24)9-15)12-32-22(31)28-6-4-23(5-7-28)13-29(14-23)21(30)17-2-3-19-20(11-17)26-27-25-19/h2-3,8-11H,4-7,12-14H2,1H3,(H,25,26,27). The van der Waals surface area contributed by atoms with Gasteiger partial charge in [0.1, 0.15) is 17.6 Å². The number of nitrogens with zero attached hydrogens (tertiary/aromatic N) is 4. The van der Waals surface area contributed by atoms with Crippen LogP contribution < -0.4 is 0 Å². The fraction of sp³-hybridized carbons (Fsp3) is 0.391. The highest BCUT2D eigenvalue weighted by Crippen LogP contribution is 2.41. The lowest BCUT2D eigenvalue weighted by Gasteiger charge is -2.53. The van der Waals surface area contributed by atoms with Crippen LogP contribution in [0.25, 0.3) is 11.0 Å². The van der Waals surface area contributed by atoms with E-state index in [9.17, 15) is 9.59 Å². The van der Waals surface area contributed by atoms with E-state index in [1.807, 2.05) is 30.0 Å². The molecule has 0 saturated carbocycles. The fourth-order valence-corrected chi connectivity index (χ4v) is 4.99. The summed E-state index contributed by atoms with van der Waals surface area (Å²) in [6.07, 6.45) is 1.43. The highest BCUT2D eigenvalue weighted by molar-refractivity contribution is 6.30. The normalized spacial score (nSPS) is 17.4. The number of halogens is 1. The second kappa shape index (κ2) is 8.09. The third kappa shape index (κ3) is 4.02. The molecule has 3 heterocycles. The quantitative estimate of drug-likeness (QED) is 0.651. The number of aryl methyl sites for hydroxylation is 1. The van der Waals surface area contributed by atoms with Gasteiger partial charge in [-0.05, 0) is 61.2 Å². The van der Waals surface area contributed by atoms with Gasteiger partial charge in [-0.1, -0.05) is 17.7 Å². The number of aromatic amines is 1. The number of aromatic nitrogens is 3. The number of nitrogens with one attached hydrogen (secondary N) is 1. The molecular formula is C23H24ClN5O3. The molecule has 5 rings (SSSR count). The lowest BCUT2D eigenvalue weighted by atomic mass is 9.72. The second-order valence-corrected chi connectivity index (χ2v) is 9.30. The number of likely N-dealkylation sites (tertiary alicyclic amines) is 2. The van der Waals surface area contributed by atoms with Crippen molar-refractivity contribution in [3.05, 3.63) is 58.1 Å². The van der Waals surface area contributed by atoms with Gasteiger partial charge in [-0.25, -0.2) is 4.79 Å². The second-order valence-electron chi connectivity index (χ2n) is 8.87. The minimum absolute atomic E-state index is 0.0131. The van der Waals surface area contributed by atoms with Crippen molar-refractivity contribution >= 4 is 34.6 Å². The zero-order valence-corrected chi connectivity index (χ0v) is 18.6. The Morgan fingerprint density at radius 3 is 2.56 bits per heavy atom. The zero-order chi connectivity index (χ0) is 22.3. The summed E-state index contributed by atoms with van der Waals surface area (Å²) in [5.74, 6) is 0.0131. The summed E-state index contributed by atoms with van der Waals surface area (Å²) in [5.41, 5.74) is 4.06. The van der Waals surface area contributed by atoms with Crippen molar-refractivity contribution < 1.29 is 14.3 Å². The highest BCUT2D eigenvalue weighted by atomic mass is 35.5. The Kier molecular flexibility index (Phi) is 5.25. The number of piperidine rings is 1. The van der Waals surface area contributed by atoms with Crippen LogP contribution in [0.1, 0.15) is 34.3 Å². The number of amides is 2.